The lowest BCUT2D eigenvalue weighted by Gasteiger charge is -2.37. The Morgan fingerprint density at radius 2 is 2.12 bits per heavy atom. The molecule has 96 valence electrons. The highest BCUT2D eigenvalue weighted by molar-refractivity contribution is 4.85. The summed E-state index contributed by atoms with van der Waals surface area (Å²) in [4.78, 5) is 0. The summed E-state index contributed by atoms with van der Waals surface area (Å²) in [6.07, 6.45) is 7.94. The molecule has 16 heavy (non-hydrogen) atoms. The second-order valence-corrected chi connectivity index (χ2v) is 5.08. The van der Waals surface area contributed by atoms with E-state index in [0.29, 0.717) is 12.0 Å². The number of rotatable bonds is 6. The molecule has 4 unspecified atom stereocenters. The van der Waals surface area contributed by atoms with Crippen LogP contribution in [0.5, 0.6) is 0 Å². The van der Waals surface area contributed by atoms with Crippen LogP contribution < -0.4 is 11.3 Å². The van der Waals surface area contributed by atoms with E-state index in [2.05, 4.69) is 19.3 Å². The highest BCUT2D eigenvalue weighted by Gasteiger charge is 2.31. The van der Waals surface area contributed by atoms with E-state index in [1.54, 1.807) is 7.11 Å². The van der Waals surface area contributed by atoms with Crippen LogP contribution in [0.25, 0.3) is 0 Å². The zero-order chi connectivity index (χ0) is 12.0. The number of nitrogens with one attached hydrogen (secondary N) is 1. The zero-order valence-electron chi connectivity index (χ0n) is 11.0. The molecule has 0 amide bonds. The van der Waals surface area contributed by atoms with E-state index in [1.807, 2.05) is 0 Å². The van der Waals surface area contributed by atoms with Crippen molar-refractivity contribution in [3.05, 3.63) is 0 Å². The molecule has 0 aliphatic heterocycles. The number of methoxy groups -OCH3 is 1. The van der Waals surface area contributed by atoms with E-state index in [9.17, 15) is 0 Å². The van der Waals surface area contributed by atoms with Crippen LogP contribution in [0.15, 0.2) is 0 Å². The summed E-state index contributed by atoms with van der Waals surface area (Å²) in [6, 6.07) is 0.323. The van der Waals surface area contributed by atoms with E-state index < -0.39 is 0 Å². The van der Waals surface area contributed by atoms with E-state index in [1.165, 1.54) is 32.1 Å². The number of hydrazine groups is 1. The van der Waals surface area contributed by atoms with E-state index >= 15 is 0 Å². The van der Waals surface area contributed by atoms with Gasteiger partial charge in [0.05, 0.1) is 12.1 Å². The number of nitrogens with two attached hydrogens (primary N) is 1. The van der Waals surface area contributed by atoms with Gasteiger partial charge in [-0.15, -0.1) is 0 Å². The Kier molecular flexibility index (Phi) is 6.32. The fourth-order valence-corrected chi connectivity index (χ4v) is 3.14. The van der Waals surface area contributed by atoms with Crippen LogP contribution in [-0.2, 0) is 4.74 Å². The van der Waals surface area contributed by atoms with Gasteiger partial charge < -0.3 is 4.74 Å². The predicted molar refractivity (Wildman–Crippen MR) is 67.9 cm³/mol. The average Bonchev–Trinajstić information content (AvgIpc) is 2.35. The van der Waals surface area contributed by atoms with Gasteiger partial charge in [-0.05, 0) is 31.1 Å². The van der Waals surface area contributed by atoms with Crippen molar-refractivity contribution < 1.29 is 4.74 Å². The molecule has 0 spiro atoms. The fourth-order valence-electron chi connectivity index (χ4n) is 3.14. The molecular weight excluding hydrogens is 200 g/mol. The Labute approximate surface area is 100 Å². The molecule has 3 nitrogen and oxygen atoms in total. The molecule has 3 N–H and O–H groups in total. The molecule has 1 aliphatic carbocycles. The van der Waals surface area contributed by atoms with Crippen LogP contribution in [0, 0.1) is 11.8 Å². The lowest BCUT2D eigenvalue weighted by atomic mass is 9.75. The first kappa shape index (κ1) is 13.9. The molecule has 0 aromatic heterocycles. The Hall–Kier alpha value is -0.120. The van der Waals surface area contributed by atoms with Crippen LogP contribution in [0.1, 0.15) is 52.4 Å². The Morgan fingerprint density at radius 3 is 2.62 bits per heavy atom. The van der Waals surface area contributed by atoms with Gasteiger partial charge in [-0.3, -0.25) is 11.3 Å². The third-order valence-electron chi connectivity index (χ3n) is 4.21. The first-order valence-electron chi connectivity index (χ1n) is 6.75. The van der Waals surface area contributed by atoms with Crippen molar-refractivity contribution in [1.29, 1.82) is 0 Å². The van der Waals surface area contributed by atoms with Gasteiger partial charge >= 0.3 is 0 Å². The molecule has 4 atom stereocenters. The van der Waals surface area contributed by atoms with Gasteiger partial charge in [-0.25, -0.2) is 0 Å². The normalized spacial score (nSPS) is 30.0. The second-order valence-electron chi connectivity index (χ2n) is 5.08. The Balaban J connectivity index is 2.57. The molecule has 0 aromatic rings. The minimum Gasteiger partial charge on any atom is -0.380 e. The van der Waals surface area contributed by atoms with Crippen molar-refractivity contribution in [2.45, 2.75) is 64.5 Å². The van der Waals surface area contributed by atoms with Gasteiger partial charge in [-0.1, -0.05) is 33.1 Å². The lowest BCUT2D eigenvalue weighted by molar-refractivity contribution is 0.0309. The smallest absolute Gasteiger partial charge is 0.0737 e. The minimum atomic E-state index is 0.255. The summed E-state index contributed by atoms with van der Waals surface area (Å²) < 4.78 is 5.53. The van der Waals surface area contributed by atoms with Gasteiger partial charge in [0.15, 0.2) is 0 Å². The van der Waals surface area contributed by atoms with Gasteiger partial charge in [0.25, 0.3) is 0 Å². The third kappa shape index (κ3) is 3.44. The first-order valence-corrected chi connectivity index (χ1v) is 6.75. The largest absolute Gasteiger partial charge is 0.380 e. The molecule has 0 heterocycles. The van der Waals surface area contributed by atoms with E-state index in [-0.39, 0.29) is 6.10 Å². The molecule has 1 aliphatic rings. The molecule has 0 radical (unpaired) electrons. The number of ether oxygens (including phenoxy) is 1. The van der Waals surface area contributed by atoms with Gasteiger partial charge in [0.2, 0.25) is 0 Å². The van der Waals surface area contributed by atoms with Crippen molar-refractivity contribution in [3.8, 4) is 0 Å². The number of hydrogen-bond acceptors (Lipinski definition) is 3. The van der Waals surface area contributed by atoms with Crippen LogP contribution in [0.3, 0.4) is 0 Å². The molecule has 0 saturated heterocycles. The molecule has 3 heteroatoms. The summed E-state index contributed by atoms with van der Waals surface area (Å²) in [5.41, 5.74) is 2.99. The lowest BCUT2D eigenvalue weighted by Crippen LogP contribution is -2.50. The van der Waals surface area contributed by atoms with Gasteiger partial charge in [0.1, 0.15) is 0 Å². The second kappa shape index (κ2) is 7.25. The minimum absolute atomic E-state index is 0.255. The average molecular weight is 228 g/mol. The van der Waals surface area contributed by atoms with Crippen molar-refractivity contribution >= 4 is 0 Å². The van der Waals surface area contributed by atoms with Crippen LogP contribution in [0.4, 0.5) is 0 Å². The number of hydrogen-bond donors (Lipinski definition) is 2. The molecule has 1 saturated carbocycles. The first-order chi connectivity index (χ1) is 7.76. The van der Waals surface area contributed by atoms with Gasteiger partial charge in [-0.2, -0.15) is 0 Å². The SMILES string of the molecule is CCC1CCCC(C(NN)C(CC)OC)C1. The standard InChI is InChI=1S/C13H28N2O/c1-4-10-7-6-8-11(9-10)13(15-14)12(5-2)16-3/h10-13,15H,4-9,14H2,1-3H3. The Bertz CT molecular complexity index is 183. The maximum absolute atomic E-state index is 5.71. The molecule has 0 aromatic carbocycles. The molecule has 1 fully saturated rings. The quantitative estimate of drug-likeness (QED) is 0.542. The van der Waals surface area contributed by atoms with Crippen molar-refractivity contribution in [3.63, 3.8) is 0 Å². The van der Waals surface area contributed by atoms with Crippen molar-refractivity contribution in [2.24, 2.45) is 17.7 Å². The summed E-state index contributed by atoms with van der Waals surface area (Å²) in [5, 5.41) is 0. The van der Waals surface area contributed by atoms with Crippen LogP contribution in [0.2, 0.25) is 0 Å². The van der Waals surface area contributed by atoms with Crippen LogP contribution >= 0.6 is 0 Å². The highest BCUT2D eigenvalue weighted by atomic mass is 16.5. The molecule has 1 rings (SSSR count). The van der Waals surface area contributed by atoms with E-state index in [0.717, 1.165) is 12.3 Å². The van der Waals surface area contributed by atoms with Crippen molar-refractivity contribution in [1.82, 2.24) is 5.43 Å². The van der Waals surface area contributed by atoms with E-state index in [4.69, 9.17) is 10.6 Å². The fraction of sp³-hybridized carbons (Fsp3) is 1.00. The summed E-state index contributed by atoms with van der Waals surface area (Å²) >= 11 is 0. The van der Waals surface area contributed by atoms with Crippen LogP contribution in [-0.4, -0.2) is 19.3 Å². The summed E-state index contributed by atoms with van der Waals surface area (Å²) in [7, 11) is 1.79. The van der Waals surface area contributed by atoms with Gasteiger partial charge in [0, 0.05) is 7.11 Å². The predicted octanol–water partition coefficient (Wildman–Crippen LogP) is 2.46. The highest BCUT2D eigenvalue weighted by Crippen LogP contribution is 2.34. The third-order valence-corrected chi connectivity index (χ3v) is 4.21. The zero-order valence-corrected chi connectivity index (χ0v) is 11.0. The summed E-state index contributed by atoms with van der Waals surface area (Å²) in [5.74, 6) is 7.29. The van der Waals surface area contributed by atoms with Crippen molar-refractivity contribution in [2.75, 3.05) is 7.11 Å². The maximum Gasteiger partial charge on any atom is 0.0737 e. The molecule has 0 bridgehead atoms. The topological polar surface area (TPSA) is 47.3 Å². The maximum atomic E-state index is 5.71. The Morgan fingerprint density at radius 1 is 1.38 bits per heavy atom. The summed E-state index contributed by atoms with van der Waals surface area (Å²) in [6.45, 7) is 4.46. The molecular formula is C13H28N2O. The monoisotopic (exact) mass is 228 g/mol.